The van der Waals surface area contributed by atoms with E-state index in [4.69, 9.17) is 23.2 Å². The zero-order valence-corrected chi connectivity index (χ0v) is 11.0. The van der Waals surface area contributed by atoms with Crippen molar-refractivity contribution in [3.8, 4) is 0 Å². The van der Waals surface area contributed by atoms with Gasteiger partial charge in [-0.3, -0.25) is 0 Å². The van der Waals surface area contributed by atoms with Crippen molar-refractivity contribution < 1.29 is 8.42 Å². The number of aromatic nitrogens is 3. The maximum absolute atomic E-state index is 11.9. The molecule has 2 heterocycles. The van der Waals surface area contributed by atoms with Crippen LogP contribution in [0.5, 0.6) is 0 Å². The largest absolute Gasteiger partial charge is 0.265 e. The molecular formula is C9H6Cl2N4O2S. The fourth-order valence-electron chi connectivity index (χ4n) is 1.08. The normalized spacial score (nSPS) is 11.2. The Hall–Kier alpha value is -1.44. The van der Waals surface area contributed by atoms with Gasteiger partial charge in [-0.15, -0.1) is 0 Å². The minimum atomic E-state index is -3.83. The van der Waals surface area contributed by atoms with Crippen LogP contribution in [0.3, 0.4) is 0 Å². The lowest BCUT2D eigenvalue weighted by atomic mass is 10.5. The number of pyridine rings is 1. The predicted octanol–water partition coefficient (Wildman–Crippen LogP) is 1.98. The molecule has 0 bridgehead atoms. The molecular weight excluding hydrogens is 299 g/mol. The van der Waals surface area contributed by atoms with Gasteiger partial charge in [0.15, 0.2) is 0 Å². The van der Waals surface area contributed by atoms with Gasteiger partial charge in [0.1, 0.15) is 10.0 Å². The van der Waals surface area contributed by atoms with Crippen LogP contribution in [0.4, 0.5) is 5.95 Å². The molecule has 94 valence electrons. The Morgan fingerprint density at radius 1 is 1.11 bits per heavy atom. The van der Waals surface area contributed by atoms with Crippen LogP contribution >= 0.6 is 23.2 Å². The Bertz CT molecular complexity index is 664. The number of halogens is 2. The lowest BCUT2D eigenvalue weighted by molar-refractivity contribution is 0.600. The third-order valence-corrected chi connectivity index (χ3v) is 3.85. The zero-order chi connectivity index (χ0) is 13.2. The lowest BCUT2D eigenvalue weighted by Crippen LogP contribution is -2.15. The highest BCUT2D eigenvalue weighted by Gasteiger charge is 2.17. The van der Waals surface area contributed by atoms with E-state index in [0.717, 1.165) is 6.20 Å². The molecule has 2 aromatic heterocycles. The molecule has 0 saturated carbocycles. The van der Waals surface area contributed by atoms with Crippen LogP contribution < -0.4 is 4.72 Å². The SMILES string of the molecule is O=S(=O)(Nc1ncccn1)c1cnc(Cl)c(Cl)c1. The van der Waals surface area contributed by atoms with Crippen LogP contribution in [0.15, 0.2) is 35.6 Å². The average molecular weight is 305 g/mol. The Labute approximate surface area is 113 Å². The molecule has 0 aliphatic rings. The maximum Gasteiger partial charge on any atom is 0.265 e. The first-order chi connectivity index (χ1) is 8.49. The van der Waals surface area contributed by atoms with E-state index in [2.05, 4.69) is 19.7 Å². The van der Waals surface area contributed by atoms with Gasteiger partial charge in [-0.25, -0.2) is 28.1 Å². The average Bonchev–Trinajstić information content (AvgIpc) is 2.33. The molecule has 2 rings (SSSR count). The molecule has 6 nitrogen and oxygen atoms in total. The molecule has 0 aromatic carbocycles. The fraction of sp³-hybridized carbons (Fsp3) is 0. The monoisotopic (exact) mass is 304 g/mol. The molecule has 0 unspecified atom stereocenters. The van der Waals surface area contributed by atoms with Gasteiger partial charge >= 0.3 is 0 Å². The quantitative estimate of drug-likeness (QED) is 0.876. The Morgan fingerprint density at radius 2 is 1.78 bits per heavy atom. The van der Waals surface area contributed by atoms with E-state index in [1.54, 1.807) is 6.07 Å². The van der Waals surface area contributed by atoms with Crippen LogP contribution in [0, 0.1) is 0 Å². The second-order valence-corrected chi connectivity index (χ2v) is 5.57. The Morgan fingerprint density at radius 3 is 2.39 bits per heavy atom. The van der Waals surface area contributed by atoms with E-state index in [0.29, 0.717) is 0 Å². The molecule has 0 saturated heterocycles. The van der Waals surface area contributed by atoms with Gasteiger partial charge in [-0.05, 0) is 12.1 Å². The molecule has 2 aromatic rings. The second-order valence-electron chi connectivity index (χ2n) is 3.12. The second kappa shape index (κ2) is 5.05. The predicted molar refractivity (Wildman–Crippen MR) is 67.1 cm³/mol. The third kappa shape index (κ3) is 2.87. The highest BCUT2D eigenvalue weighted by molar-refractivity contribution is 7.92. The van der Waals surface area contributed by atoms with E-state index < -0.39 is 10.0 Å². The first-order valence-electron chi connectivity index (χ1n) is 4.60. The summed E-state index contributed by atoms with van der Waals surface area (Å²) in [6, 6.07) is 2.76. The smallest absolute Gasteiger partial charge is 0.247 e. The maximum atomic E-state index is 11.9. The molecule has 1 N–H and O–H groups in total. The Balaban J connectivity index is 2.34. The summed E-state index contributed by atoms with van der Waals surface area (Å²) in [5, 5.41) is 0.0834. The fourth-order valence-corrected chi connectivity index (χ4v) is 2.34. The van der Waals surface area contributed by atoms with Crippen molar-refractivity contribution in [3.05, 3.63) is 40.9 Å². The van der Waals surface area contributed by atoms with Gasteiger partial charge in [-0.2, -0.15) is 0 Å². The van der Waals surface area contributed by atoms with Gasteiger partial charge in [0, 0.05) is 18.6 Å². The van der Waals surface area contributed by atoms with Crippen LogP contribution in [-0.2, 0) is 10.0 Å². The van der Waals surface area contributed by atoms with E-state index in [1.807, 2.05) is 0 Å². The number of hydrogen-bond donors (Lipinski definition) is 1. The van der Waals surface area contributed by atoms with Gasteiger partial charge in [0.25, 0.3) is 10.0 Å². The lowest BCUT2D eigenvalue weighted by Gasteiger charge is -2.06. The van der Waals surface area contributed by atoms with E-state index in [-0.39, 0.29) is 21.0 Å². The van der Waals surface area contributed by atoms with Crippen LogP contribution in [0.1, 0.15) is 0 Å². The van der Waals surface area contributed by atoms with Crippen molar-refractivity contribution in [2.24, 2.45) is 0 Å². The Kier molecular flexibility index (Phi) is 3.65. The molecule has 0 fully saturated rings. The summed E-state index contributed by atoms with van der Waals surface area (Å²) in [7, 11) is -3.83. The molecule has 0 aliphatic heterocycles. The first-order valence-corrected chi connectivity index (χ1v) is 6.84. The molecule has 0 aliphatic carbocycles. The zero-order valence-electron chi connectivity index (χ0n) is 8.71. The van der Waals surface area contributed by atoms with E-state index >= 15 is 0 Å². The van der Waals surface area contributed by atoms with Crippen LogP contribution in [0.25, 0.3) is 0 Å². The van der Waals surface area contributed by atoms with Gasteiger partial charge < -0.3 is 0 Å². The van der Waals surface area contributed by atoms with Gasteiger partial charge in [0.2, 0.25) is 5.95 Å². The van der Waals surface area contributed by atoms with Crippen LogP contribution in [0.2, 0.25) is 10.2 Å². The van der Waals surface area contributed by atoms with E-state index in [1.165, 1.54) is 18.5 Å². The standard InChI is InChI=1S/C9H6Cl2N4O2S/c10-7-4-6(5-14-8(7)11)18(16,17)15-9-12-2-1-3-13-9/h1-5H,(H,12,13,15). The van der Waals surface area contributed by atoms with Crippen molar-refractivity contribution in [2.45, 2.75) is 4.90 Å². The molecule has 0 radical (unpaired) electrons. The number of anilines is 1. The molecule has 0 amide bonds. The highest BCUT2D eigenvalue weighted by atomic mass is 35.5. The first kappa shape index (κ1) is 13.0. The van der Waals surface area contributed by atoms with Crippen molar-refractivity contribution in [2.75, 3.05) is 4.72 Å². The minimum Gasteiger partial charge on any atom is -0.247 e. The molecule has 0 spiro atoms. The summed E-state index contributed by atoms with van der Waals surface area (Å²) in [5.74, 6) is -0.0384. The summed E-state index contributed by atoms with van der Waals surface area (Å²) >= 11 is 11.3. The number of rotatable bonds is 3. The summed E-state index contributed by atoms with van der Waals surface area (Å²) in [5.41, 5.74) is 0. The summed E-state index contributed by atoms with van der Waals surface area (Å²) in [6.07, 6.45) is 3.93. The summed E-state index contributed by atoms with van der Waals surface area (Å²) < 4.78 is 26.1. The highest BCUT2D eigenvalue weighted by Crippen LogP contribution is 2.22. The third-order valence-electron chi connectivity index (χ3n) is 1.87. The molecule has 0 atom stereocenters. The topological polar surface area (TPSA) is 84.8 Å². The minimum absolute atomic E-state index is 0.0339. The number of sulfonamides is 1. The number of nitrogens with one attached hydrogen (secondary N) is 1. The summed E-state index contributed by atoms with van der Waals surface area (Å²) in [6.45, 7) is 0. The van der Waals surface area contributed by atoms with Crippen molar-refractivity contribution in [3.63, 3.8) is 0 Å². The number of hydrogen-bond acceptors (Lipinski definition) is 5. The molecule has 18 heavy (non-hydrogen) atoms. The van der Waals surface area contributed by atoms with Crippen molar-refractivity contribution in [1.29, 1.82) is 0 Å². The van der Waals surface area contributed by atoms with Crippen LogP contribution in [-0.4, -0.2) is 23.4 Å². The van der Waals surface area contributed by atoms with E-state index in [9.17, 15) is 8.42 Å². The summed E-state index contributed by atoms with van der Waals surface area (Å²) in [4.78, 5) is 11.0. The van der Waals surface area contributed by atoms with Crippen molar-refractivity contribution in [1.82, 2.24) is 15.0 Å². The number of nitrogens with zero attached hydrogens (tertiary/aromatic N) is 3. The van der Waals surface area contributed by atoms with Gasteiger partial charge in [0.05, 0.1) is 5.02 Å². The molecule has 9 heteroatoms. The van der Waals surface area contributed by atoms with Crippen molar-refractivity contribution >= 4 is 39.2 Å². The van der Waals surface area contributed by atoms with Gasteiger partial charge in [-0.1, -0.05) is 23.2 Å².